The molecule has 1 amide bonds. The smallest absolute Gasteiger partial charge is 0.244 e. The highest BCUT2D eigenvalue weighted by Crippen LogP contribution is 2.58. The lowest BCUT2D eigenvalue weighted by molar-refractivity contribution is -0.231. The third-order valence-electron chi connectivity index (χ3n) is 6.13. The van der Waals surface area contributed by atoms with Crippen molar-refractivity contribution in [3.05, 3.63) is 0 Å². The molecular formula is C16H31Cl2N3O2. The minimum Gasteiger partial charge on any atom is -0.377 e. The van der Waals surface area contributed by atoms with Gasteiger partial charge in [-0.3, -0.25) is 4.79 Å². The van der Waals surface area contributed by atoms with Gasteiger partial charge in [0.05, 0.1) is 6.10 Å². The molecule has 2 aliphatic heterocycles. The van der Waals surface area contributed by atoms with Crippen LogP contribution in [0, 0.1) is 11.3 Å². The van der Waals surface area contributed by atoms with E-state index in [9.17, 15) is 4.79 Å². The van der Waals surface area contributed by atoms with Crippen LogP contribution in [0.15, 0.2) is 0 Å². The summed E-state index contributed by atoms with van der Waals surface area (Å²) in [4.78, 5) is 17.5. The number of amides is 1. The Hall–Kier alpha value is -0.0700. The molecule has 2 heterocycles. The molecule has 23 heavy (non-hydrogen) atoms. The molecule has 0 aromatic carbocycles. The van der Waals surface area contributed by atoms with Crippen molar-refractivity contribution in [3.63, 3.8) is 0 Å². The zero-order valence-electron chi connectivity index (χ0n) is 14.6. The van der Waals surface area contributed by atoms with Gasteiger partial charge in [-0.15, -0.1) is 24.8 Å². The first kappa shape index (κ1) is 21.0. The predicted octanol–water partition coefficient (Wildman–Crippen LogP) is 1.52. The summed E-state index contributed by atoms with van der Waals surface area (Å²) in [5.41, 5.74) is 5.68. The fourth-order valence-corrected chi connectivity index (χ4v) is 4.69. The van der Waals surface area contributed by atoms with Gasteiger partial charge in [0, 0.05) is 43.6 Å². The van der Waals surface area contributed by atoms with Crippen LogP contribution in [0.3, 0.4) is 0 Å². The van der Waals surface area contributed by atoms with Crippen molar-refractivity contribution in [1.29, 1.82) is 0 Å². The normalized spacial score (nSPS) is 39.3. The Labute approximate surface area is 152 Å². The van der Waals surface area contributed by atoms with Crippen molar-refractivity contribution in [1.82, 2.24) is 9.80 Å². The fraction of sp³-hybridized carbons (Fsp3) is 0.938. The summed E-state index contributed by atoms with van der Waals surface area (Å²) in [5.74, 6) is 0.320. The van der Waals surface area contributed by atoms with Gasteiger partial charge in [-0.1, -0.05) is 13.8 Å². The maximum Gasteiger partial charge on any atom is 0.244 e. The molecule has 4 unspecified atom stereocenters. The summed E-state index contributed by atoms with van der Waals surface area (Å²) in [6.07, 6.45) is 2.17. The lowest BCUT2D eigenvalue weighted by Gasteiger charge is -2.66. The molecule has 2 saturated heterocycles. The van der Waals surface area contributed by atoms with Gasteiger partial charge in [-0.2, -0.15) is 0 Å². The number of nitrogens with zero attached hydrogens (tertiary/aromatic N) is 2. The van der Waals surface area contributed by atoms with Crippen molar-refractivity contribution in [3.8, 4) is 0 Å². The predicted molar refractivity (Wildman–Crippen MR) is 96.3 cm³/mol. The van der Waals surface area contributed by atoms with Crippen LogP contribution in [0.1, 0.15) is 33.6 Å². The van der Waals surface area contributed by atoms with E-state index in [-0.39, 0.29) is 54.2 Å². The van der Waals surface area contributed by atoms with Crippen LogP contribution < -0.4 is 5.73 Å². The zero-order valence-corrected chi connectivity index (χ0v) is 16.2. The van der Waals surface area contributed by atoms with E-state index >= 15 is 0 Å². The Bertz CT molecular complexity index is 449. The highest BCUT2D eigenvalue weighted by Gasteiger charge is 2.71. The van der Waals surface area contributed by atoms with Crippen LogP contribution in [-0.2, 0) is 9.53 Å². The second-order valence-electron chi connectivity index (χ2n) is 7.74. The number of fused-ring (bicyclic) bond motifs is 1. The van der Waals surface area contributed by atoms with E-state index in [0.717, 1.165) is 39.1 Å². The van der Waals surface area contributed by atoms with Crippen molar-refractivity contribution in [2.24, 2.45) is 17.1 Å². The number of nitrogens with two attached hydrogens (primary N) is 1. The Balaban J connectivity index is 0.00000132. The van der Waals surface area contributed by atoms with Crippen LogP contribution >= 0.6 is 24.8 Å². The quantitative estimate of drug-likeness (QED) is 0.763. The van der Waals surface area contributed by atoms with Gasteiger partial charge in [0.15, 0.2) is 0 Å². The average molecular weight is 368 g/mol. The zero-order chi connectivity index (χ0) is 15.4. The molecule has 1 saturated carbocycles. The molecule has 2 N–H and O–H groups in total. The Morgan fingerprint density at radius 3 is 2.52 bits per heavy atom. The number of piperazine rings is 1. The number of halogens is 2. The van der Waals surface area contributed by atoms with Crippen LogP contribution in [0.25, 0.3) is 0 Å². The van der Waals surface area contributed by atoms with Crippen molar-refractivity contribution >= 4 is 30.7 Å². The molecular weight excluding hydrogens is 337 g/mol. The first-order valence-electron chi connectivity index (χ1n) is 8.20. The van der Waals surface area contributed by atoms with Crippen LogP contribution in [0.5, 0.6) is 0 Å². The molecule has 0 aromatic rings. The Morgan fingerprint density at radius 1 is 1.26 bits per heavy atom. The minimum atomic E-state index is -0.762. The van der Waals surface area contributed by atoms with Gasteiger partial charge in [-0.25, -0.2) is 0 Å². The van der Waals surface area contributed by atoms with E-state index in [2.05, 4.69) is 32.7 Å². The first-order valence-corrected chi connectivity index (χ1v) is 8.20. The molecule has 1 aliphatic carbocycles. The third-order valence-corrected chi connectivity index (χ3v) is 6.13. The number of hydrogen-bond donors (Lipinski definition) is 1. The van der Waals surface area contributed by atoms with E-state index in [1.165, 1.54) is 0 Å². The molecule has 3 rings (SSSR count). The second kappa shape index (κ2) is 7.04. The van der Waals surface area contributed by atoms with E-state index in [1.54, 1.807) is 0 Å². The number of carbonyl (C=O) groups is 1. The molecule has 5 nitrogen and oxygen atoms in total. The molecule has 0 radical (unpaired) electrons. The van der Waals surface area contributed by atoms with Gasteiger partial charge in [0.25, 0.3) is 0 Å². The fourth-order valence-electron chi connectivity index (χ4n) is 4.69. The highest BCUT2D eigenvalue weighted by molar-refractivity contribution is 5.90. The van der Waals surface area contributed by atoms with Crippen molar-refractivity contribution in [2.75, 3.05) is 33.3 Å². The summed E-state index contributed by atoms with van der Waals surface area (Å²) < 4.78 is 5.91. The van der Waals surface area contributed by atoms with Crippen LogP contribution in [-0.4, -0.2) is 66.7 Å². The topological polar surface area (TPSA) is 58.8 Å². The Kier molecular flexibility index (Phi) is 6.42. The number of likely N-dealkylation sites (N-methyl/N-ethyl adjacent to an activating group) is 1. The van der Waals surface area contributed by atoms with Gasteiger partial charge >= 0.3 is 0 Å². The average Bonchev–Trinajstić information content (AvgIpc) is 2.45. The first-order chi connectivity index (χ1) is 9.80. The van der Waals surface area contributed by atoms with Gasteiger partial charge in [0.1, 0.15) is 5.54 Å². The molecule has 4 atom stereocenters. The Morgan fingerprint density at radius 2 is 1.91 bits per heavy atom. The molecule has 136 valence electrons. The summed E-state index contributed by atoms with van der Waals surface area (Å²) in [6.45, 7) is 9.75. The van der Waals surface area contributed by atoms with Crippen LogP contribution in [0.4, 0.5) is 0 Å². The molecule has 0 spiro atoms. The standard InChI is InChI=1S/C16H29N3O2.2ClH/c1-11-10-18(4)7-8-19(11)14(20)16(17)12-6-5-9-21-13(12)15(16,2)3;;/h11-13H,5-10,17H2,1-4H3;2*1H. The van der Waals surface area contributed by atoms with Gasteiger partial charge in [0.2, 0.25) is 5.91 Å². The maximum atomic E-state index is 13.2. The summed E-state index contributed by atoms with van der Waals surface area (Å²) in [6, 6.07) is 0.232. The summed E-state index contributed by atoms with van der Waals surface area (Å²) >= 11 is 0. The van der Waals surface area contributed by atoms with Crippen LogP contribution in [0.2, 0.25) is 0 Å². The van der Waals surface area contributed by atoms with E-state index in [1.807, 2.05) is 4.90 Å². The lowest BCUT2D eigenvalue weighted by Crippen LogP contribution is -2.83. The highest BCUT2D eigenvalue weighted by atomic mass is 35.5. The number of rotatable bonds is 1. The molecule has 3 fully saturated rings. The number of carbonyl (C=O) groups excluding carboxylic acids is 1. The molecule has 0 aromatic heterocycles. The van der Waals surface area contributed by atoms with E-state index in [4.69, 9.17) is 10.5 Å². The summed E-state index contributed by atoms with van der Waals surface area (Å²) in [7, 11) is 2.11. The van der Waals surface area contributed by atoms with Crippen molar-refractivity contribution < 1.29 is 9.53 Å². The number of hydrogen-bond acceptors (Lipinski definition) is 4. The third kappa shape index (κ3) is 2.89. The SMILES string of the molecule is CC1CN(C)CCN1C(=O)C1(N)C2CCCOC2C1(C)C.Cl.Cl. The monoisotopic (exact) mass is 367 g/mol. The second-order valence-corrected chi connectivity index (χ2v) is 7.74. The summed E-state index contributed by atoms with van der Waals surface area (Å²) in [5, 5.41) is 0. The number of ether oxygens (including phenoxy) is 1. The van der Waals surface area contributed by atoms with Gasteiger partial charge in [-0.05, 0) is 26.8 Å². The minimum absolute atomic E-state index is 0. The maximum absolute atomic E-state index is 13.2. The molecule has 7 heteroatoms. The molecule has 3 aliphatic rings. The van der Waals surface area contributed by atoms with E-state index in [0.29, 0.717) is 0 Å². The van der Waals surface area contributed by atoms with Gasteiger partial charge < -0.3 is 20.3 Å². The lowest BCUT2D eigenvalue weighted by atomic mass is 9.46. The molecule has 0 bridgehead atoms. The van der Waals surface area contributed by atoms with Crippen molar-refractivity contribution in [2.45, 2.75) is 51.3 Å². The van der Waals surface area contributed by atoms with E-state index < -0.39 is 5.54 Å². The largest absolute Gasteiger partial charge is 0.377 e.